The first-order chi connectivity index (χ1) is 16.1. The van der Waals surface area contributed by atoms with Gasteiger partial charge in [0.05, 0.1) is 11.7 Å². The number of carbonyl (C=O) groups is 3. The number of aliphatic hydroxyl groups is 4. The second-order valence-corrected chi connectivity index (χ2v) is 8.85. The summed E-state index contributed by atoms with van der Waals surface area (Å²) < 4.78 is 0. The summed E-state index contributed by atoms with van der Waals surface area (Å²) in [5.41, 5.74) is 2.36. The van der Waals surface area contributed by atoms with Crippen molar-refractivity contribution in [3.63, 3.8) is 0 Å². The van der Waals surface area contributed by atoms with Gasteiger partial charge in [0.1, 0.15) is 22.8 Å². The summed E-state index contributed by atoms with van der Waals surface area (Å²) in [6, 6.07) is 11.8. The first-order valence-electron chi connectivity index (χ1n) is 10.7. The number of amides is 1. The van der Waals surface area contributed by atoms with Crippen LogP contribution in [0.3, 0.4) is 0 Å². The molecular weight excluding hydrogens is 442 g/mol. The Labute approximate surface area is 193 Å². The Balaban J connectivity index is 1.74. The SMILES string of the molecule is NC(=O)C1=C(O)C[C@@H]2C[C@H]3C(=C(O)[C@]2(O)C1=O)C(=O)c1c(O)ccc(-c2ccccc2)c1[C@@H]3O. The molecule has 5 rings (SSSR count). The fraction of sp³-hybridized carbons (Fsp3) is 0.240. The van der Waals surface area contributed by atoms with Crippen molar-refractivity contribution in [3.8, 4) is 16.9 Å². The molecule has 0 aromatic heterocycles. The number of aromatic hydroxyl groups is 1. The van der Waals surface area contributed by atoms with E-state index in [0.29, 0.717) is 11.1 Å². The van der Waals surface area contributed by atoms with Crippen LogP contribution in [0.2, 0.25) is 0 Å². The summed E-state index contributed by atoms with van der Waals surface area (Å²) in [5.74, 6) is -7.67. The molecule has 2 aromatic carbocycles. The van der Waals surface area contributed by atoms with E-state index in [1.807, 2.05) is 0 Å². The highest BCUT2D eigenvalue weighted by molar-refractivity contribution is 6.24. The molecule has 9 heteroatoms. The third kappa shape index (κ3) is 2.71. The van der Waals surface area contributed by atoms with E-state index >= 15 is 0 Å². The molecule has 0 heterocycles. The predicted octanol–water partition coefficient (Wildman–Crippen LogP) is 1.74. The summed E-state index contributed by atoms with van der Waals surface area (Å²) in [6.07, 6.45) is -1.91. The standard InChI is InChI=1S/C25H21NO8/c26-24(33)19-15(28)9-11-8-13-17(22(31)25(11,34)23(19)32)21(30)18-14(27)7-6-12(16(18)20(13)29)10-4-2-1-3-5-10/h1-7,11,13,20,27-29,31,34H,8-9H2,(H2,26,33)/t11-,13-,20+,25-/m0/s1. The number of rotatable bonds is 2. The zero-order valence-corrected chi connectivity index (χ0v) is 17.7. The molecule has 34 heavy (non-hydrogen) atoms. The lowest BCUT2D eigenvalue weighted by Gasteiger charge is -2.47. The van der Waals surface area contributed by atoms with Crippen LogP contribution in [0.4, 0.5) is 0 Å². The summed E-state index contributed by atoms with van der Waals surface area (Å²) in [7, 11) is 0. The molecule has 9 nitrogen and oxygen atoms in total. The number of allylic oxidation sites excluding steroid dienone is 1. The van der Waals surface area contributed by atoms with E-state index in [1.165, 1.54) is 6.07 Å². The van der Waals surface area contributed by atoms with Crippen molar-refractivity contribution in [2.45, 2.75) is 24.5 Å². The van der Waals surface area contributed by atoms with Gasteiger partial charge in [0.15, 0.2) is 11.4 Å². The summed E-state index contributed by atoms with van der Waals surface area (Å²) in [4.78, 5) is 38.2. The number of benzene rings is 2. The topological polar surface area (TPSA) is 178 Å². The molecule has 0 saturated heterocycles. The molecule has 0 radical (unpaired) electrons. The van der Waals surface area contributed by atoms with Gasteiger partial charge < -0.3 is 31.3 Å². The number of phenolic OH excluding ortho intramolecular Hbond substituents is 1. The highest BCUT2D eigenvalue weighted by Crippen LogP contribution is 2.55. The lowest BCUT2D eigenvalue weighted by atomic mass is 9.59. The van der Waals surface area contributed by atoms with Gasteiger partial charge in [-0.15, -0.1) is 0 Å². The number of aliphatic hydroxyl groups excluding tert-OH is 3. The van der Waals surface area contributed by atoms with Crippen LogP contribution in [0.15, 0.2) is 65.1 Å². The molecule has 0 bridgehead atoms. The maximum Gasteiger partial charge on any atom is 0.255 e. The van der Waals surface area contributed by atoms with Crippen LogP contribution in [-0.2, 0) is 9.59 Å². The number of carbonyl (C=O) groups excluding carboxylic acids is 3. The number of hydrogen-bond donors (Lipinski definition) is 6. The Bertz CT molecular complexity index is 1340. The molecule has 0 aliphatic heterocycles. The minimum absolute atomic E-state index is 0.159. The van der Waals surface area contributed by atoms with Crippen molar-refractivity contribution in [2.24, 2.45) is 17.6 Å². The lowest BCUT2D eigenvalue weighted by molar-refractivity contribution is -0.145. The highest BCUT2D eigenvalue weighted by Gasteiger charge is 2.61. The van der Waals surface area contributed by atoms with Crippen molar-refractivity contribution in [2.75, 3.05) is 0 Å². The van der Waals surface area contributed by atoms with E-state index < -0.39 is 69.4 Å². The van der Waals surface area contributed by atoms with E-state index in [4.69, 9.17) is 5.73 Å². The van der Waals surface area contributed by atoms with Gasteiger partial charge in [0.25, 0.3) is 5.91 Å². The minimum atomic E-state index is -2.68. The predicted molar refractivity (Wildman–Crippen MR) is 118 cm³/mol. The van der Waals surface area contributed by atoms with Crippen LogP contribution in [0.1, 0.15) is 34.9 Å². The zero-order valence-electron chi connectivity index (χ0n) is 17.7. The summed E-state index contributed by atoms with van der Waals surface area (Å²) in [5, 5.41) is 54.4. The van der Waals surface area contributed by atoms with Gasteiger partial charge in [-0.3, -0.25) is 14.4 Å². The fourth-order valence-corrected chi connectivity index (χ4v) is 5.53. The maximum absolute atomic E-state index is 13.6. The molecule has 0 spiro atoms. The number of fused-ring (bicyclic) bond motifs is 3. The molecule has 7 N–H and O–H groups in total. The van der Waals surface area contributed by atoms with Crippen LogP contribution >= 0.6 is 0 Å². The fourth-order valence-electron chi connectivity index (χ4n) is 5.53. The number of phenols is 1. The van der Waals surface area contributed by atoms with Crippen molar-refractivity contribution in [3.05, 3.63) is 76.3 Å². The normalized spacial score (nSPS) is 28.4. The summed E-state index contributed by atoms with van der Waals surface area (Å²) >= 11 is 0. The van der Waals surface area contributed by atoms with Crippen LogP contribution in [-0.4, -0.2) is 48.6 Å². The molecule has 2 aromatic rings. The Kier molecular flexibility index (Phi) is 4.68. The van der Waals surface area contributed by atoms with Crippen LogP contribution in [0.5, 0.6) is 5.75 Å². The minimum Gasteiger partial charge on any atom is -0.511 e. The van der Waals surface area contributed by atoms with Gasteiger partial charge in [-0.05, 0) is 23.6 Å². The van der Waals surface area contributed by atoms with E-state index in [9.17, 15) is 39.9 Å². The zero-order chi connectivity index (χ0) is 24.5. The number of ketones is 2. The first kappa shape index (κ1) is 21.9. The van der Waals surface area contributed by atoms with Gasteiger partial charge in [0, 0.05) is 29.4 Å². The molecule has 0 saturated carbocycles. The average Bonchev–Trinajstić information content (AvgIpc) is 2.79. The van der Waals surface area contributed by atoms with E-state index in [-0.39, 0.29) is 24.0 Å². The third-order valence-electron chi connectivity index (χ3n) is 7.12. The average molecular weight is 463 g/mol. The van der Waals surface area contributed by atoms with Crippen LogP contribution in [0, 0.1) is 11.8 Å². The van der Waals surface area contributed by atoms with Crippen molar-refractivity contribution >= 4 is 17.5 Å². The van der Waals surface area contributed by atoms with E-state index in [2.05, 4.69) is 0 Å². The number of Topliss-reactive ketones (excluding diaryl/α,β-unsaturated/α-hetero) is 2. The van der Waals surface area contributed by atoms with Gasteiger partial charge in [0.2, 0.25) is 5.78 Å². The highest BCUT2D eigenvalue weighted by atomic mass is 16.3. The number of hydrogen-bond acceptors (Lipinski definition) is 8. The van der Waals surface area contributed by atoms with Crippen LogP contribution in [0.25, 0.3) is 11.1 Å². The molecule has 3 aliphatic rings. The second kappa shape index (κ2) is 7.28. The molecule has 3 aliphatic carbocycles. The first-order valence-corrected chi connectivity index (χ1v) is 10.7. The van der Waals surface area contributed by atoms with Gasteiger partial charge >= 0.3 is 0 Å². The molecule has 174 valence electrons. The third-order valence-corrected chi connectivity index (χ3v) is 7.12. The monoisotopic (exact) mass is 463 g/mol. The van der Waals surface area contributed by atoms with Crippen molar-refractivity contribution in [1.82, 2.24) is 0 Å². The Hall–Kier alpha value is -3.95. The molecule has 4 atom stereocenters. The molecule has 0 unspecified atom stereocenters. The number of nitrogens with two attached hydrogens (primary N) is 1. The molecular formula is C25H21NO8. The Morgan fingerprint density at radius 2 is 1.71 bits per heavy atom. The Morgan fingerprint density at radius 3 is 2.35 bits per heavy atom. The maximum atomic E-state index is 13.6. The quantitative estimate of drug-likeness (QED) is 0.365. The van der Waals surface area contributed by atoms with Crippen molar-refractivity contribution < 1.29 is 39.9 Å². The van der Waals surface area contributed by atoms with Gasteiger partial charge in [-0.25, -0.2) is 0 Å². The van der Waals surface area contributed by atoms with E-state index in [0.717, 1.165) is 0 Å². The largest absolute Gasteiger partial charge is 0.511 e. The summed E-state index contributed by atoms with van der Waals surface area (Å²) in [6.45, 7) is 0. The second-order valence-electron chi connectivity index (χ2n) is 8.85. The van der Waals surface area contributed by atoms with Crippen LogP contribution < -0.4 is 5.73 Å². The van der Waals surface area contributed by atoms with Crippen molar-refractivity contribution in [1.29, 1.82) is 0 Å². The smallest absolute Gasteiger partial charge is 0.255 e. The van der Waals surface area contributed by atoms with Gasteiger partial charge in [-0.1, -0.05) is 36.4 Å². The van der Waals surface area contributed by atoms with E-state index in [1.54, 1.807) is 36.4 Å². The Morgan fingerprint density at radius 1 is 1.03 bits per heavy atom. The molecule has 1 amide bonds. The molecule has 0 fully saturated rings. The van der Waals surface area contributed by atoms with Gasteiger partial charge in [-0.2, -0.15) is 0 Å². The lowest BCUT2D eigenvalue weighted by Crippen LogP contribution is -2.57. The number of primary amides is 1.